The highest BCUT2D eigenvalue weighted by Gasteiger charge is 2.29. The molecule has 1 aromatic carbocycles. The van der Waals surface area contributed by atoms with Crippen molar-refractivity contribution >= 4 is 17.7 Å². The van der Waals surface area contributed by atoms with Crippen LogP contribution < -0.4 is 0 Å². The average molecular weight is 488 g/mol. The fraction of sp³-hybridized carbons (Fsp3) is 0.654. The Morgan fingerprint density at radius 2 is 1.68 bits per heavy atom. The van der Waals surface area contributed by atoms with Crippen LogP contribution in [0.2, 0.25) is 0 Å². The van der Waals surface area contributed by atoms with Crippen LogP contribution in [0.1, 0.15) is 84.0 Å². The molecule has 0 spiro atoms. The van der Waals surface area contributed by atoms with Crippen LogP contribution in [0.4, 0.5) is 4.39 Å². The molecule has 1 saturated heterocycles. The molecule has 2 aromatic rings. The SMILES string of the molecule is CC(c1nnc(SCC(=O)N(C(C)C)C2CCCCC2)n1-c1ccc(F)cc1)N1CCCCC1. The fourth-order valence-corrected chi connectivity index (χ4v) is 6.25. The molecule has 2 heterocycles. The van der Waals surface area contributed by atoms with Crippen LogP contribution in [0.15, 0.2) is 29.4 Å². The summed E-state index contributed by atoms with van der Waals surface area (Å²) < 4.78 is 15.7. The fourth-order valence-electron chi connectivity index (χ4n) is 5.42. The molecule has 0 radical (unpaired) electrons. The zero-order chi connectivity index (χ0) is 24.1. The second-order valence-corrected chi connectivity index (χ2v) is 10.8. The van der Waals surface area contributed by atoms with Crippen LogP contribution in [-0.4, -0.2) is 61.4 Å². The molecule has 0 bridgehead atoms. The van der Waals surface area contributed by atoms with Crippen LogP contribution in [0.3, 0.4) is 0 Å². The zero-order valence-corrected chi connectivity index (χ0v) is 21.6. The molecular weight excluding hydrogens is 449 g/mol. The Balaban J connectivity index is 1.56. The maximum atomic E-state index is 13.7. The number of nitrogens with zero attached hydrogens (tertiary/aromatic N) is 5. The van der Waals surface area contributed by atoms with E-state index in [0.717, 1.165) is 37.4 Å². The minimum absolute atomic E-state index is 0.0947. The van der Waals surface area contributed by atoms with Crippen LogP contribution in [0.5, 0.6) is 0 Å². The van der Waals surface area contributed by atoms with Crippen molar-refractivity contribution in [2.24, 2.45) is 0 Å². The molecule has 1 aliphatic carbocycles. The van der Waals surface area contributed by atoms with Crippen LogP contribution >= 0.6 is 11.8 Å². The second kappa shape index (κ2) is 11.7. The molecular formula is C26H38FN5OS. The normalized spacial score (nSPS) is 18.9. The van der Waals surface area contributed by atoms with Gasteiger partial charge in [-0.25, -0.2) is 4.39 Å². The summed E-state index contributed by atoms with van der Waals surface area (Å²) in [6, 6.07) is 7.07. The summed E-state index contributed by atoms with van der Waals surface area (Å²) in [5.74, 6) is 1.06. The largest absolute Gasteiger partial charge is 0.337 e. The standard InChI is InChI=1S/C26H38FN5OS/c1-19(2)31(22-10-6-4-7-11-22)24(33)18-34-26-29-28-25(20(3)30-16-8-5-9-17-30)32(26)23-14-12-21(27)13-15-23/h12-15,19-20,22H,4-11,16-18H2,1-3H3. The maximum absolute atomic E-state index is 13.7. The summed E-state index contributed by atoms with van der Waals surface area (Å²) >= 11 is 1.43. The Labute approximate surface area is 207 Å². The third-order valence-corrected chi connectivity index (χ3v) is 8.11. The molecule has 1 aliphatic heterocycles. The Bertz CT molecular complexity index is 935. The van der Waals surface area contributed by atoms with Gasteiger partial charge in [-0.2, -0.15) is 0 Å². The molecule has 6 nitrogen and oxygen atoms in total. The van der Waals surface area contributed by atoms with E-state index < -0.39 is 0 Å². The van der Waals surface area contributed by atoms with Gasteiger partial charge in [-0.05, 0) is 83.8 Å². The lowest BCUT2D eigenvalue weighted by molar-refractivity contribution is -0.133. The number of carbonyl (C=O) groups is 1. The van der Waals surface area contributed by atoms with Crippen molar-refractivity contribution in [1.82, 2.24) is 24.6 Å². The highest BCUT2D eigenvalue weighted by Crippen LogP contribution is 2.31. The molecule has 0 N–H and O–H groups in total. The number of likely N-dealkylation sites (tertiary alicyclic amines) is 1. The molecule has 34 heavy (non-hydrogen) atoms. The summed E-state index contributed by atoms with van der Waals surface area (Å²) in [6.07, 6.45) is 9.51. The van der Waals surface area contributed by atoms with Crippen molar-refractivity contribution in [2.45, 2.75) is 95.4 Å². The monoisotopic (exact) mass is 487 g/mol. The summed E-state index contributed by atoms with van der Waals surface area (Å²) in [5.41, 5.74) is 0.827. The van der Waals surface area contributed by atoms with E-state index in [1.54, 1.807) is 12.1 Å². The number of halogens is 1. The van der Waals surface area contributed by atoms with Gasteiger partial charge < -0.3 is 4.90 Å². The number of aromatic nitrogens is 3. The van der Waals surface area contributed by atoms with E-state index in [1.807, 2.05) is 4.57 Å². The lowest BCUT2D eigenvalue weighted by Gasteiger charge is -2.37. The predicted octanol–water partition coefficient (Wildman–Crippen LogP) is 5.62. The van der Waals surface area contributed by atoms with E-state index >= 15 is 0 Å². The van der Waals surface area contributed by atoms with Crippen LogP contribution in [0, 0.1) is 5.82 Å². The number of benzene rings is 1. The highest BCUT2D eigenvalue weighted by molar-refractivity contribution is 7.99. The van der Waals surface area contributed by atoms with E-state index in [0.29, 0.717) is 17.0 Å². The molecule has 1 amide bonds. The van der Waals surface area contributed by atoms with Crippen LogP contribution in [0.25, 0.3) is 5.69 Å². The molecule has 1 saturated carbocycles. The van der Waals surface area contributed by atoms with Gasteiger partial charge in [0.15, 0.2) is 11.0 Å². The quantitative estimate of drug-likeness (QED) is 0.453. The minimum atomic E-state index is -0.271. The Morgan fingerprint density at radius 1 is 1.03 bits per heavy atom. The van der Waals surface area contributed by atoms with Crippen molar-refractivity contribution in [2.75, 3.05) is 18.8 Å². The van der Waals surface area contributed by atoms with Gasteiger partial charge in [-0.3, -0.25) is 14.3 Å². The van der Waals surface area contributed by atoms with Crippen molar-refractivity contribution in [3.8, 4) is 5.69 Å². The molecule has 2 fully saturated rings. The van der Waals surface area contributed by atoms with E-state index in [4.69, 9.17) is 0 Å². The number of amides is 1. The maximum Gasteiger partial charge on any atom is 0.233 e. The Kier molecular flexibility index (Phi) is 8.64. The zero-order valence-electron chi connectivity index (χ0n) is 20.8. The smallest absolute Gasteiger partial charge is 0.233 e. The lowest BCUT2D eigenvalue weighted by Crippen LogP contribution is -2.46. The van der Waals surface area contributed by atoms with Gasteiger partial charge in [0.05, 0.1) is 11.8 Å². The van der Waals surface area contributed by atoms with E-state index in [2.05, 4.69) is 40.8 Å². The third-order valence-electron chi connectivity index (χ3n) is 7.19. The molecule has 4 rings (SSSR count). The second-order valence-electron chi connectivity index (χ2n) is 9.90. The van der Waals surface area contributed by atoms with Gasteiger partial charge in [0, 0.05) is 17.8 Å². The van der Waals surface area contributed by atoms with E-state index in [9.17, 15) is 9.18 Å². The van der Waals surface area contributed by atoms with Gasteiger partial charge in [0.1, 0.15) is 5.82 Å². The van der Waals surface area contributed by atoms with Gasteiger partial charge >= 0.3 is 0 Å². The Morgan fingerprint density at radius 3 is 2.32 bits per heavy atom. The number of carbonyl (C=O) groups excluding carboxylic acids is 1. The van der Waals surface area contributed by atoms with Gasteiger partial charge in [0.25, 0.3) is 0 Å². The molecule has 1 atom stereocenters. The number of thioether (sulfide) groups is 1. The third kappa shape index (κ3) is 5.82. The summed E-state index contributed by atoms with van der Waals surface area (Å²) in [5, 5.41) is 9.76. The number of piperidine rings is 1. The van der Waals surface area contributed by atoms with Crippen molar-refractivity contribution < 1.29 is 9.18 Å². The number of hydrogen-bond donors (Lipinski definition) is 0. The molecule has 186 valence electrons. The van der Waals surface area contributed by atoms with E-state index in [-0.39, 0.29) is 23.8 Å². The molecule has 1 unspecified atom stereocenters. The van der Waals surface area contributed by atoms with Gasteiger partial charge in [-0.1, -0.05) is 37.4 Å². The van der Waals surface area contributed by atoms with Crippen molar-refractivity contribution in [3.05, 3.63) is 35.9 Å². The number of hydrogen-bond acceptors (Lipinski definition) is 5. The first-order valence-electron chi connectivity index (χ1n) is 12.8. The van der Waals surface area contributed by atoms with Gasteiger partial charge in [-0.15, -0.1) is 10.2 Å². The summed E-state index contributed by atoms with van der Waals surface area (Å²) in [7, 11) is 0. The number of rotatable bonds is 8. The van der Waals surface area contributed by atoms with Crippen molar-refractivity contribution in [1.29, 1.82) is 0 Å². The first-order chi connectivity index (χ1) is 16.5. The molecule has 2 aliphatic rings. The topological polar surface area (TPSA) is 54.3 Å². The average Bonchev–Trinajstić information content (AvgIpc) is 3.28. The van der Waals surface area contributed by atoms with E-state index in [1.165, 1.54) is 62.4 Å². The molecule has 1 aromatic heterocycles. The highest BCUT2D eigenvalue weighted by atomic mass is 32.2. The molecule has 8 heteroatoms. The predicted molar refractivity (Wildman–Crippen MR) is 135 cm³/mol. The van der Waals surface area contributed by atoms with Crippen LogP contribution in [-0.2, 0) is 4.79 Å². The van der Waals surface area contributed by atoms with Gasteiger partial charge in [0.2, 0.25) is 5.91 Å². The van der Waals surface area contributed by atoms with Crippen molar-refractivity contribution in [3.63, 3.8) is 0 Å². The summed E-state index contributed by atoms with van der Waals surface area (Å²) in [6.45, 7) is 8.47. The Hall–Kier alpha value is -1.93. The minimum Gasteiger partial charge on any atom is -0.337 e. The summed E-state index contributed by atoms with van der Waals surface area (Å²) in [4.78, 5) is 17.9. The first kappa shape index (κ1) is 25.2. The lowest BCUT2D eigenvalue weighted by atomic mass is 9.93. The first-order valence-corrected chi connectivity index (χ1v) is 13.8.